The molecule has 0 radical (unpaired) electrons. The molecule has 0 saturated carbocycles. The normalized spacial score (nSPS) is 19.8. The molecule has 6 atom stereocenters. The van der Waals surface area contributed by atoms with E-state index >= 15 is 0 Å². The molecule has 376 valence electrons. The van der Waals surface area contributed by atoms with E-state index < -0.39 is 55.4 Å². The molecule has 1 aliphatic rings. The number of ether oxygens (including phenoxy) is 4. The summed E-state index contributed by atoms with van der Waals surface area (Å²) in [5.74, 6) is -0.869. The molecule has 1 rings (SSSR count). The van der Waals surface area contributed by atoms with Crippen LogP contribution in [0.4, 0.5) is 0 Å². The summed E-state index contributed by atoms with van der Waals surface area (Å²) in [7, 11) is 0. The van der Waals surface area contributed by atoms with Gasteiger partial charge in [0, 0.05) is 12.8 Å². The van der Waals surface area contributed by atoms with Gasteiger partial charge in [0.2, 0.25) is 0 Å². The lowest BCUT2D eigenvalue weighted by Gasteiger charge is -2.39. The Balaban J connectivity index is 2.26. The van der Waals surface area contributed by atoms with E-state index in [1.54, 1.807) is 0 Å². The first kappa shape index (κ1) is 60.4. The number of hydrogen-bond donors (Lipinski definition) is 4. The van der Waals surface area contributed by atoms with Crippen LogP contribution in [-0.4, -0.2) is 89.0 Å². The monoisotopic (exact) mass is 917 g/mol. The number of carbonyl (C=O) groups is 2. The van der Waals surface area contributed by atoms with E-state index in [0.29, 0.717) is 12.8 Å². The summed E-state index contributed by atoms with van der Waals surface area (Å²) < 4.78 is 22.2. The Bertz CT molecular complexity index is 1240. The standard InChI is InChI=1S/C55H96O10/c1-3-5-7-9-11-13-15-17-19-21-22-23-24-25-26-28-30-32-34-36-38-40-42-44-51(58)64-48(47-63-55-54(61)53(60)52(59)49(45-56)65-55)46-62-50(57)43-41-39-37-35-33-31-29-27-20-18-16-14-12-10-8-6-4-2/h6,8,12,14,18,20,29,31,35,37,48-49,52-56,59-61H,3-5,7,9-11,13,15-17,19,21-28,30,32-34,36,38-47H2,1-2H3/b8-6+,14-12+,20-18+,31-29+,37-35+/t48-,49-,52+,53?,54?,55-/m1/s1. The molecule has 2 unspecified atom stereocenters. The Morgan fingerprint density at radius 3 is 1.35 bits per heavy atom. The number of hydrogen-bond acceptors (Lipinski definition) is 10. The van der Waals surface area contributed by atoms with Crippen molar-refractivity contribution in [3.63, 3.8) is 0 Å². The fourth-order valence-electron chi connectivity index (χ4n) is 7.81. The molecule has 0 amide bonds. The van der Waals surface area contributed by atoms with Crippen LogP contribution in [0.25, 0.3) is 0 Å². The molecule has 0 spiro atoms. The molecule has 0 aromatic rings. The van der Waals surface area contributed by atoms with E-state index in [4.69, 9.17) is 18.9 Å². The topological polar surface area (TPSA) is 152 Å². The van der Waals surface area contributed by atoms with Gasteiger partial charge in [0.25, 0.3) is 0 Å². The van der Waals surface area contributed by atoms with Crippen LogP contribution in [0.3, 0.4) is 0 Å². The maximum atomic E-state index is 12.8. The van der Waals surface area contributed by atoms with Crippen LogP contribution in [0.1, 0.15) is 219 Å². The van der Waals surface area contributed by atoms with Crippen LogP contribution in [-0.2, 0) is 28.5 Å². The predicted molar refractivity (Wildman–Crippen MR) is 265 cm³/mol. The van der Waals surface area contributed by atoms with Gasteiger partial charge in [-0.2, -0.15) is 0 Å². The molecule has 0 aromatic carbocycles. The second-order valence-electron chi connectivity index (χ2n) is 18.0. The lowest BCUT2D eigenvalue weighted by molar-refractivity contribution is -0.305. The quantitative estimate of drug-likeness (QED) is 0.0264. The van der Waals surface area contributed by atoms with Crippen molar-refractivity contribution >= 4 is 11.9 Å². The van der Waals surface area contributed by atoms with E-state index in [9.17, 15) is 30.0 Å². The minimum absolute atomic E-state index is 0.196. The number of aliphatic hydroxyl groups is 4. The zero-order chi connectivity index (χ0) is 47.3. The van der Waals surface area contributed by atoms with Gasteiger partial charge in [-0.3, -0.25) is 9.59 Å². The maximum absolute atomic E-state index is 12.8. The first-order chi connectivity index (χ1) is 31.8. The zero-order valence-electron chi connectivity index (χ0n) is 41.2. The summed E-state index contributed by atoms with van der Waals surface area (Å²) in [6.45, 7) is 3.28. The third kappa shape index (κ3) is 36.2. The van der Waals surface area contributed by atoms with E-state index in [1.165, 1.54) is 122 Å². The minimum Gasteiger partial charge on any atom is -0.462 e. The largest absolute Gasteiger partial charge is 0.462 e. The van der Waals surface area contributed by atoms with Crippen LogP contribution < -0.4 is 0 Å². The van der Waals surface area contributed by atoms with Gasteiger partial charge < -0.3 is 39.4 Å². The third-order valence-corrected chi connectivity index (χ3v) is 11.9. The lowest BCUT2D eigenvalue weighted by atomic mass is 9.99. The molecular formula is C55H96O10. The van der Waals surface area contributed by atoms with Crippen molar-refractivity contribution in [1.82, 2.24) is 0 Å². The Hall–Kier alpha value is -2.60. The van der Waals surface area contributed by atoms with E-state index in [0.717, 1.165) is 57.8 Å². The van der Waals surface area contributed by atoms with Gasteiger partial charge in [0.05, 0.1) is 13.2 Å². The van der Waals surface area contributed by atoms with Gasteiger partial charge in [-0.1, -0.05) is 216 Å². The molecule has 1 heterocycles. The van der Waals surface area contributed by atoms with Crippen LogP contribution >= 0.6 is 0 Å². The number of esters is 2. The summed E-state index contributed by atoms with van der Waals surface area (Å²) in [6, 6.07) is 0. The highest BCUT2D eigenvalue weighted by Gasteiger charge is 2.44. The SMILES string of the molecule is CC/C=C/C/C=C/C/C=C/C/C=C/C/C=C/CCCC(=O)OC[C@H](CO[C@@H]1O[C@H](CO)[C@H](O)C(O)C1O)OC(=O)CCCCCCCCCCCCCCCCCCCCCCCCC. The van der Waals surface area contributed by atoms with Crippen molar-refractivity contribution in [2.45, 2.75) is 256 Å². The van der Waals surface area contributed by atoms with E-state index in [2.05, 4.69) is 68.5 Å². The second kappa shape index (κ2) is 45.2. The molecule has 1 aliphatic heterocycles. The highest BCUT2D eigenvalue weighted by molar-refractivity contribution is 5.70. The van der Waals surface area contributed by atoms with Crippen molar-refractivity contribution < 1.29 is 49.0 Å². The van der Waals surface area contributed by atoms with Gasteiger partial charge >= 0.3 is 11.9 Å². The molecule has 0 bridgehead atoms. The van der Waals surface area contributed by atoms with Gasteiger partial charge in [-0.25, -0.2) is 0 Å². The number of aliphatic hydroxyl groups excluding tert-OH is 4. The summed E-state index contributed by atoms with van der Waals surface area (Å²) in [5, 5.41) is 40.2. The van der Waals surface area contributed by atoms with Crippen molar-refractivity contribution in [3.8, 4) is 0 Å². The highest BCUT2D eigenvalue weighted by atomic mass is 16.7. The van der Waals surface area contributed by atoms with Gasteiger partial charge in [-0.05, 0) is 51.4 Å². The minimum atomic E-state index is -1.61. The van der Waals surface area contributed by atoms with Crippen LogP contribution in [0, 0.1) is 0 Å². The Morgan fingerprint density at radius 1 is 0.492 bits per heavy atom. The molecule has 0 aromatic heterocycles. The van der Waals surface area contributed by atoms with Crippen LogP contribution in [0.2, 0.25) is 0 Å². The second-order valence-corrected chi connectivity index (χ2v) is 18.0. The molecule has 1 saturated heterocycles. The summed E-state index contributed by atoms with van der Waals surface area (Å²) in [4.78, 5) is 25.4. The Morgan fingerprint density at radius 2 is 0.908 bits per heavy atom. The molecule has 1 fully saturated rings. The lowest BCUT2D eigenvalue weighted by Crippen LogP contribution is -2.59. The van der Waals surface area contributed by atoms with Gasteiger partial charge in [-0.15, -0.1) is 0 Å². The number of unbranched alkanes of at least 4 members (excludes halogenated alkanes) is 23. The summed E-state index contributed by atoms with van der Waals surface area (Å²) in [5.41, 5.74) is 0. The molecule has 65 heavy (non-hydrogen) atoms. The van der Waals surface area contributed by atoms with E-state index in [1.807, 2.05) is 6.08 Å². The number of carbonyl (C=O) groups excluding carboxylic acids is 2. The molecular weight excluding hydrogens is 821 g/mol. The zero-order valence-corrected chi connectivity index (χ0v) is 41.2. The van der Waals surface area contributed by atoms with E-state index in [-0.39, 0.29) is 26.1 Å². The third-order valence-electron chi connectivity index (χ3n) is 11.9. The fraction of sp³-hybridized carbons (Fsp3) is 0.782. The maximum Gasteiger partial charge on any atom is 0.306 e. The molecule has 10 nitrogen and oxygen atoms in total. The number of allylic oxidation sites excluding steroid dienone is 10. The first-order valence-corrected chi connectivity index (χ1v) is 26.4. The molecule has 4 N–H and O–H groups in total. The highest BCUT2D eigenvalue weighted by Crippen LogP contribution is 2.23. The van der Waals surface area contributed by atoms with Crippen molar-refractivity contribution in [1.29, 1.82) is 0 Å². The predicted octanol–water partition coefficient (Wildman–Crippen LogP) is 12.6. The Labute approximate surface area is 396 Å². The van der Waals surface area contributed by atoms with Crippen LogP contribution in [0.5, 0.6) is 0 Å². The van der Waals surface area contributed by atoms with Crippen LogP contribution in [0.15, 0.2) is 60.8 Å². The summed E-state index contributed by atoms with van der Waals surface area (Å²) >= 11 is 0. The van der Waals surface area contributed by atoms with Crippen molar-refractivity contribution in [2.75, 3.05) is 19.8 Å². The number of rotatable bonds is 44. The smallest absolute Gasteiger partial charge is 0.306 e. The Kier molecular flexibility index (Phi) is 42.0. The first-order valence-electron chi connectivity index (χ1n) is 26.4. The van der Waals surface area contributed by atoms with Crippen molar-refractivity contribution in [3.05, 3.63) is 60.8 Å². The average molecular weight is 917 g/mol. The van der Waals surface area contributed by atoms with Crippen molar-refractivity contribution in [2.24, 2.45) is 0 Å². The summed E-state index contributed by atoms with van der Waals surface area (Å²) in [6.07, 6.45) is 49.6. The fourth-order valence-corrected chi connectivity index (χ4v) is 7.81. The molecule has 10 heteroatoms. The molecule has 0 aliphatic carbocycles. The van der Waals surface area contributed by atoms with Gasteiger partial charge in [0.15, 0.2) is 12.4 Å². The van der Waals surface area contributed by atoms with Gasteiger partial charge in [0.1, 0.15) is 31.0 Å². The average Bonchev–Trinajstić information content (AvgIpc) is 3.30.